The topological polar surface area (TPSA) is 100 Å². The summed E-state index contributed by atoms with van der Waals surface area (Å²) in [6, 6.07) is 5.49. The molecule has 0 amide bonds. The zero-order valence-corrected chi connectivity index (χ0v) is 28.5. The molecule has 0 aromatic carbocycles. The van der Waals surface area contributed by atoms with Crippen molar-refractivity contribution in [3.63, 3.8) is 0 Å². The van der Waals surface area contributed by atoms with Crippen molar-refractivity contribution in [3.05, 3.63) is 0 Å². The molecule has 0 aromatic rings. The molecule has 2 aliphatic heterocycles. The van der Waals surface area contributed by atoms with E-state index in [1.54, 1.807) is 13.8 Å². The van der Waals surface area contributed by atoms with E-state index >= 15 is 0 Å². The fourth-order valence-corrected chi connectivity index (χ4v) is 12.8. The van der Waals surface area contributed by atoms with Crippen LogP contribution in [0.25, 0.3) is 0 Å². The highest BCUT2D eigenvalue weighted by molar-refractivity contribution is 5.66. The number of hydrogen-bond donors (Lipinski definition) is 0. The van der Waals surface area contributed by atoms with Crippen LogP contribution in [0.3, 0.4) is 0 Å². The van der Waals surface area contributed by atoms with Gasteiger partial charge in [0.25, 0.3) is 0 Å². The van der Waals surface area contributed by atoms with Crippen LogP contribution >= 0.6 is 0 Å². The van der Waals surface area contributed by atoms with Gasteiger partial charge in [0.2, 0.25) is 0 Å². The Labute approximate surface area is 271 Å². The van der Waals surface area contributed by atoms with Crippen LogP contribution in [-0.2, 0) is 19.1 Å². The van der Waals surface area contributed by atoms with E-state index in [2.05, 4.69) is 26.0 Å². The number of carbonyl (C=O) groups is 2. The molecular weight excluding hydrogens is 564 g/mol. The Kier molecular flexibility index (Phi) is 9.07. The van der Waals surface area contributed by atoms with Crippen LogP contribution in [0.1, 0.15) is 111 Å². The molecule has 4 saturated carbocycles. The lowest BCUT2D eigenvalue weighted by Crippen LogP contribution is -2.68. The number of nitrogens with zero attached hydrogens (tertiary/aromatic N) is 4. The number of carbonyl (C=O) groups excluding carboxylic acids is 2. The minimum absolute atomic E-state index is 0.0747. The molecular formula is C37H58N4O4+2. The Balaban J connectivity index is 1.34. The van der Waals surface area contributed by atoms with E-state index in [1.807, 2.05) is 0 Å². The summed E-state index contributed by atoms with van der Waals surface area (Å²) in [6.45, 7) is 13.2. The third-order valence-corrected chi connectivity index (χ3v) is 14.8. The average molecular weight is 623 g/mol. The van der Waals surface area contributed by atoms with Gasteiger partial charge in [-0.05, 0) is 99.7 Å². The third-order valence-electron chi connectivity index (χ3n) is 14.8. The molecule has 45 heavy (non-hydrogen) atoms. The molecule has 0 aromatic heterocycles. The Hall–Kier alpha value is -2.16. The lowest BCUT2D eigenvalue weighted by molar-refractivity contribution is -0.954. The average Bonchev–Trinajstić information content (AvgIpc) is 3.30. The molecule has 6 fully saturated rings. The molecule has 6 rings (SSSR count). The van der Waals surface area contributed by atoms with Crippen LogP contribution in [0.15, 0.2) is 0 Å². The molecule has 0 N–H and O–H groups in total. The highest BCUT2D eigenvalue weighted by Gasteiger charge is 2.68. The zero-order chi connectivity index (χ0) is 32.0. The highest BCUT2D eigenvalue weighted by Crippen LogP contribution is 2.68. The summed E-state index contributed by atoms with van der Waals surface area (Å²) >= 11 is 0. The van der Waals surface area contributed by atoms with Crippen molar-refractivity contribution in [2.45, 2.75) is 135 Å². The summed E-state index contributed by atoms with van der Waals surface area (Å²) in [6.07, 6.45) is 14.3. The van der Waals surface area contributed by atoms with Crippen LogP contribution in [-0.4, -0.2) is 84.5 Å². The maximum atomic E-state index is 12.7. The number of piperidine rings is 2. The van der Waals surface area contributed by atoms with E-state index in [0.29, 0.717) is 36.8 Å². The van der Waals surface area contributed by atoms with E-state index in [9.17, 15) is 20.1 Å². The van der Waals surface area contributed by atoms with Gasteiger partial charge in [-0.2, -0.15) is 10.5 Å². The van der Waals surface area contributed by atoms with Crippen LogP contribution < -0.4 is 0 Å². The summed E-state index contributed by atoms with van der Waals surface area (Å²) in [5.74, 6) is 1.75. The predicted octanol–water partition coefficient (Wildman–Crippen LogP) is 5.90. The molecule has 0 spiro atoms. The van der Waals surface area contributed by atoms with Crippen molar-refractivity contribution in [2.75, 3.05) is 39.3 Å². The SMILES string of the molecule is CC(=O)OC1C([N+]2(CC#N)CCCCC2)CC2C3CCC4C[C@H](OC(C)=O)C([N+]5(CC#N)CCCCC5)CC4(C)C3CCC21C. The van der Waals surface area contributed by atoms with E-state index < -0.39 is 0 Å². The Morgan fingerprint density at radius 2 is 1.31 bits per heavy atom. The molecule has 9 unspecified atom stereocenters. The first-order valence-corrected chi connectivity index (χ1v) is 18.3. The van der Waals surface area contributed by atoms with Gasteiger partial charge in [0, 0.05) is 32.1 Å². The van der Waals surface area contributed by atoms with E-state index in [4.69, 9.17) is 9.47 Å². The minimum Gasteiger partial charge on any atom is -0.456 e. The fourth-order valence-electron chi connectivity index (χ4n) is 12.8. The van der Waals surface area contributed by atoms with Crippen molar-refractivity contribution in [3.8, 4) is 12.1 Å². The van der Waals surface area contributed by atoms with Crippen molar-refractivity contribution in [1.29, 1.82) is 10.5 Å². The number of fused-ring (bicyclic) bond motifs is 5. The van der Waals surface area contributed by atoms with E-state index in [0.717, 1.165) is 99.4 Å². The van der Waals surface area contributed by atoms with Crippen LogP contribution in [0, 0.1) is 57.2 Å². The van der Waals surface area contributed by atoms with Crippen molar-refractivity contribution < 1.29 is 28.0 Å². The molecule has 2 saturated heterocycles. The maximum Gasteiger partial charge on any atom is 0.303 e. The van der Waals surface area contributed by atoms with Crippen LogP contribution in [0.2, 0.25) is 0 Å². The molecule has 0 radical (unpaired) electrons. The molecule has 0 bridgehead atoms. The minimum atomic E-state index is -0.191. The molecule has 6 aliphatic rings. The molecule has 8 heteroatoms. The van der Waals surface area contributed by atoms with Gasteiger partial charge in [0.15, 0.2) is 25.3 Å². The fraction of sp³-hybridized carbons (Fsp3) is 0.892. The van der Waals surface area contributed by atoms with Gasteiger partial charge in [0.05, 0.1) is 26.2 Å². The first-order chi connectivity index (χ1) is 21.5. The molecule has 4 aliphatic carbocycles. The van der Waals surface area contributed by atoms with Crippen LogP contribution in [0.5, 0.6) is 0 Å². The number of likely N-dealkylation sites (tertiary alicyclic amines) is 2. The molecule has 2 heterocycles. The summed E-state index contributed by atoms with van der Waals surface area (Å²) in [4.78, 5) is 25.1. The monoisotopic (exact) mass is 622 g/mol. The molecule has 10 atom stereocenters. The van der Waals surface area contributed by atoms with Gasteiger partial charge in [-0.15, -0.1) is 0 Å². The Morgan fingerprint density at radius 1 is 0.733 bits per heavy atom. The molecule has 248 valence electrons. The second kappa shape index (κ2) is 12.5. The van der Waals surface area contributed by atoms with Crippen LogP contribution in [0.4, 0.5) is 0 Å². The second-order valence-electron chi connectivity index (χ2n) is 16.8. The molecule has 8 nitrogen and oxygen atoms in total. The zero-order valence-electron chi connectivity index (χ0n) is 28.5. The summed E-state index contributed by atoms with van der Waals surface area (Å²) in [5.41, 5.74) is 0.0530. The lowest BCUT2D eigenvalue weighted by Gasteiger charge is -2.63. The third kappa shape index (κ3) is 5.50. The number of nitriles is 2. The summed E-state index contributed by atoms with van der Waals surface area (Å²) in [5, 5.41) is 20.1. The van der Waals surface area contributed by atoms with Crippen molar-refractivity contribution in [2.24, 2.45) is 34.5 Å². The Morgan fingerprint density at radius 3 is 1.87 bits per heavy atom. The number of ether oxygens (including phenoxy) is 2. The first-order valence-electron chi connectivity index (χ1n) is 18.3. The second-order valence-corrected chi connectivity index (χ2v) is 16.8. The largest absolute Gasteiger partial charge is 0.456 e. The van der Waals surface area contributed by atoms with Gasteiger partial charge in [-0.25, -0.2) is 0 Å². The van der Waals surface area contributed by atoms with Gasteiger partial charge in [-0.1, -0.05) is 13.8 Å². The predicted molar refractivity (Wildman–Crippen MR) is 170 cm³/mol. The number of esters is 2. The van der Waals surface area contributed by atoms with Gasteiger partial charge in [-0.3, -0.25) is 9.59 Å². The summed E-state index contributed by atoms with van der Waals surface area (Å²) < 4.78 is 14.1. The number of rotatable bonds is 6. The number of quaternary nitrogens is 2. The van der Waals surface area contributed by atoms with Gasteiger partial charge in [0.1, 0.15) is 24.2 Å². The Bertz CT molecular complexity index is 1210. The lowest BCUT2D eigenvalue weighted by atomic mass is 9.44. The highest BCUT2D eigenvalue weighted by atomic mass is 16.5. The van der Waals surface area contributed by atoms with Gasteiger partial charge < -0.3 is 18.4 Å². The normalized spacial score (nSPS) is 43.3. The standard InChI is InChI=1S/C37H58N4O4/c1-26(42)44-34-23-28-11-12-29-30(37(28,4)25-33(34)41(22-16-39)19-9-6-10-20-41)13-14-36(3)31(29)24-32(35(36)45-27(2)43)40(21-15-38)17-7-5-8-18-40/h28-35H,5-14,17-25H2,1-4H3/q+2/t28?,29?,30?,31?,32?,33?,34-,35?,36?,37?/m0/s1. The van der Waals surface area contributed by atoms with E-state index in [1.165, 1.54) is 19.3 Å². The van der Waals surface area contributed by atoms with Crippen molar-refractivity contribution >= 4 is 11.9 Å². The first kappa shape index (κ1) is 32.8. The quantitative estimate of drug-likeness (QED) is 0.208. The van der Waals surface area contributed by atoms with Crippen molar-refractivity contribution in [1.82, 2.24) is 0 Å². The van der Waals surface area contributed by atoms with E-state index in [-0.39, 0.29) is 47.1 Å². The summed E-state index contributed by atoms with van der Waals surface area (Å²) in [7, 11) is 0. The maximum absolute atomic E-state index is 12.7. The smallest absolute Gasteiger partial charge is 0.303 e. The number of hydrogen-bond acceptors (Lipinski definition) is 6. The van der Waals surface area contributed by atoms with Gasteiger partial charge >= 0.3 is 11.9 Å².